The highest BCUT2D eigenvalue weighted by molar-refractivity contribution is 6.94. The Kier molecular flexibility index (Phi) is 10.5. The fourth-order valence-corrected chi connectivity index (χ4v) is 15.0. The molecular formula is C79H72BN3O2. The van der Waals surface area contributed by atoms with Crippen molar-refractivity contribution in [2.24, 2.45) is 0 Å². The third kappa shape index (κ3) is 7.42. The third-order valence-corrected chi connectivity index (χ3v) is 19.5. The molecule has 0 spiro atoms. The number of rotatable bonds is 4. The van der Waals surface area contributed by atoms with Gasteiger partial charge in [-0.05, 0) is 180 Å². The molecule has 0 bridgehead atoms. The van der Waals surface area contributed by atoms with Crippen molar-refractivity contribution in [3.05, 3.63) is 215 Å². The molecule has 0 saturated carbocycles. The van der Waals surface area contributed by atoms with Gasteiger partial charge >= 0.3 is 6.85 Å². The molecule has 16 rings (SSSR count). The van der Waals surface area contributed by atoms with Gasteiger partial charge in [0.05, 0.1) is 11.0 Å². The Hall–Kier alpha value is -8.74. The maximum Gasteiger partial charge on any atom is 0.333 e. The SMILES string of the molecule is CC(C)(C)c1ccc(N2B3c4cc5oc6ccccc6c5cc4-n4c5ccc(C(C)(C)C)cc5c5c6c(c(c3c54)-c3cc4oc5ccc(N(c7ccc(C(C)(C)C)cc7)c7ccc(C(C)(C)C)cc7)cc5c4cc32)-c2ccccc2C6(C)C)cc1. The summed E-state index contributed by atoms with van der Waals surface area (Å²) in [5, 5.41) is 7.04. The Morgan fingerprint density at radius 3 is 1.60 bits per heavy atom. The van der Waals surface area contributed by atoms with Crippen LogP contribution in [0.5, 0.6) is 0 Å². The molecule has 3 aliphatic rings. The van der Waals surface area contributed by atoms with Gasteiger partial charge in [0.15, 0.2) is 0 Å². The summed E-state index contributed by atoms with van der Waals surface area (Å²) in [7, 11) is 0. The molecule has 5 nitrogen and oxygen atoms in total. The van der Waals surface area contributed by atoms with Crippen molar-refractivity contribution in [1.29, 1.82) is 0 Å². The van der Waals surface area contributed by atoms with Gasteiger partial charge in [-0.25, -0.2) is 0 Å². The molecule has 10 aromatic carbocycles. The Morgan fingerprint density at radius 2 is 0.953 bits per heavy atom. The zero-order valence-electron chi connectivity index (χ0n) is 51.6. The van der Waals surface area contributed by atoms with Gasteiger partial charge in [-0.15, -0.1) is 0 Å². The first-order chi connectivity index (χ1) is 40.4. The smallest absolute Gasteiger partial charge is 0.333 e. The minimum atomic E-state index is -0.329. The van der Waals surface area contributed by atoms with E-state index in [0.29, 0.717) is 0 Å². The van der Waals surface area contributed by atoms with Crippen LogP contribution in [0, 0.1) is 0 Å². The van der Waals surface area contributed by atoms with Crippen molar-refractivity contribution in [2.75, 3.05) is 9.71 Å². The summed E-state index contributed by atoms with van der Waals surface area (Å²) in [6.45, 7) is 32.3. The van der Waals surface area contributed by atoms with Crippen LogP contribution >= 0.6 is 0 Å². The third-order valence-electron chi connectivity index (χ3n) is 19.5. The maximum absolute atomic E-state index is 7.23. The Morgan fingerprint density at radius 1 is 0.424 bits per heavy atom. The van der Waals surface area contributed by atoms with E-state index < -0.39 is 0 Å². The molecule has 0 fully saturated rings. The summed E-state index contributed by atoms with van der Waals surface area (Å²) in [4.78, 5) is 5.09. The quantitative estimate of drug-likeness (QED) is 0.165. The van der Waals surface area contributed by atoms with Crippen molar-refractivity contribution < 1.29 is 8.83 Å². The van der Waals surface area contributed by atoms with Gasteiger partial charge in [-0.1, -0.05) is 182 Å². The molecule has 0 radical (unpaired) electrons. The van der Waals surface area contributed by atoms with E-state index in [4.69, 9.17) is 8.83 Å². The molecule has 5 heterocycles. The molecular weight excluding hydrogens is 1030 g/mol. The number of benzene rings is 10. The molecule has 13 aromatic rings. The van der Waals surface area contributed by atoms with Crippen LogP contribution in [-0.4, -0.2) is 11.4 Å². The normalized spacial score (nSPS) is 14.5. The van der Waals surface area contributed by atoms with E-state index >= 15 is 0 Å². The number of furan rings is 2. The molecule has 1 aliphatic carbocycles. The zero-order chi connectivity index (χ0) is 58.8. The first kappa shape index (κ1) is 51.9. The van der Waals surface area contributed by atoms with Crippen molar-refractivity contribution in [1.82, 2.24) is 4.57 Å². The highest BCUT2D eigenvalue weighted by atomic mass is 16.3. The van der Waals surface area contributed by atoms with Gasteiger partial charge in [0.25, 0.3) is 0 Å². The lowest BCUT2D eigenvalue weighted by Crippen LogP contribution is -2.60. The first-order valence-corrected chi connectivity index (χ1v) is 30.6. The average Bonchev–Trinajstić information content (AvgIpc) is 1.55. The van der Waals surface area contributed by atoms with Crippen molar-refractivity contribution in [3.8, 4) is 27.9 Å². The number of hydrogen-bond donors (Lipinski definition) is 0. The Bertz CT molecular complexity index is 4940. The number of fused-ring (bicyclic) bond motifs is 19. The van der Waals surface area contributed by atoms with Crippen molar-refractivity contribution >= 4 is 112 Å². The second-order valence-corrected chi connectivity index (χ2v) is 29.4. The number of hydrogen-bond acceptors (Lipinski definition) is 4. The van der Waals surface area contributed by atoms with Gasteiger partial charge in [0, 0.05) is 77.4 Å². The van der Waals surface area contributed by atoms with Crippen LogP contribution in [0.15, 0.2) is 191 Å². The minimum Gasteiger partial charge on any atom is -0.456 e. The maximum atomic E-state index is 7.23. The molecule has 2 aliphatic heterocycles. The summed E-state index contributed by atoms with van der Waals surface area (Å²) in [5.41, 5.74) is 27.9. The van der Waals surface area contributed by atoms with Crippen LogP contribution in [0.2, 0.25) is 0 Å². The minimum absolute atomic E-state index is 0.0219. The van der Waals surface area contributed by atoms with E-state index in [1.807, 2.05) is 0 Å². The summed E-state index contributed by atoms with van der Waals surface area (Å²) in [5.74, 6) is 0. The van der Waals surface area contributed by atoms with Gasteiger partial charge in [-0.3, -0.25) is 0 Å². The van der Waals surface area contributed by atoms with Gasteiger partial charge < -0.3 is 23.1 Å². The summed E-state index contributed by atoms with van der Waals surface area (Å²) in [6, 6.07) is 69.4. The van der Waals surface area contributed by atoms with Crippen LogP contribution in [0.1, 0.15) is 130 Å². The molecule has 0 atom stereocenters. The lowest BCUT2D eigenvalue weighted by atomic mass is 9.43. The number of aromatic nitrogens is 1. The van der Waals surface area contributed by atoms with Crippen LogP contribution in [0.25, 0.3) is 93.6 Å². The molecule has 6 heteroatoms. The number of nitrogens with zero attached hydrogens (tertiary/aromatic N) is 3. The van der Waals surface area contributed by atoms with E-state index in [0.717, 1.165) is 72.3 Å². The van der Waals surface area contributed by atoms with Gasteiger partial charge in [0.1, 0.15) is 22.3 Å². The predicted octanol–water partition coefficient (Wildman–Crippen LogP) is 20.8. The zero-order valence-corrected chi connectivity index (χ0v) is 51.6. The van der Waals surface area contributed by atoms with Crippen molar-refractivity contribution in [2.45, 2.75) is 124 Å². The van der Waals surface area contributed by atoms with Gasteiger partial charge in [-0.2, -0.15) is 0 Å². The lowest BCUT2D eigenvalue weighted by molar-refractivity contribution is 0.590. The topological polar surface area (TPSA) is 37.7 Å². The molecule has 85 heavy (non-hydrogen) atoms. The summed E-state index contributed by atoms with van der Waals surface area (Å²) >= 11 is 0. The van der Waals surface area contributed by atoms with Gasteiger partial charge in [0.2, 0.25) is 0 Å². The van der Waals surface area contributed by atoms with Crippen LogP contribution in [-0.2, 0) is 27.1 Å². The highest BCUT2D eigenvalue weighted by Crippen LogP contribution is 2.60. The monoisotopic (exact) mass is 1110 g/mol. The Balaban J connectivity index is 1.04. The largest absolute Gasteiger partial charge is 0.456 e. The van der Waals surface area contributed by atoms with Crippen LogP contribution < -0.4 is 20.6 Å². The molecule has 0 unspecified atom stereocenters. The first-order valence-electron chi connectivity index (χ1n) is 30.6. The molecule has 3 aromatic heterocycles. The van der Waals surface area contributed by atoms with E-state index in [2.05, 4.69) is 293 Å². The van der Waals surface area contributed by atoms with Crippen LogP contribution in [0.3, 0.4) is 0 Å². The van der Waals surface area contributed by atoms with E-state index in [9.17, 15) is 0 Å². The molecule has 0 saturated heterocycles. The second-order valence-electron chi connectivity index (χ2n) is 29.4. The van der Waals surface area contributed by atoms with Crippen LogP contribution in [0.4, 0.5) is 28.4 Å². The number of para-hydroxylation sites is 1. The predicted molar refractivity (Wildman–Crippen MR) is 361 cm³/mol. The molecule has 418 valence electrons. The standard InChI is InChI=1S/C79H72BN3O2/c1-75(2,3)45-23-30-49(31-24-45)81(50-32-25-46(26-33-50)76(4,5)6)52-36-38-66-55(40-52)57-41-63-59(43-67(57)85-66)70-69-54-20-15-17-21-60(54)79(13,14)72(69)71-58-39-48(78(10,11)12)29-37-62(58)82-64-42-56-53-19-16-18-22-65(53)84-68(56)44-61(64)80(73(70)74(71)82)83(63)51-34-27-47(28-35-51)77(7,8)9/h15-44H,1-14H3. The molecule has 0 amide bonds. The highest BCUT2D eigenvalue weighted by Gasteiger charge is 2.50. The van der Waals surface area contributed by atoms with E-state index in [1.165, 1.54) is 94.1 Å². The van der Waals surface area contributed by atoms with E-state index in [-0.39, 0.29) is 33.9 Å². The fourth-order valence-electron chi connectivity index (χ4n) is 15.0. The fraction of sp³-hybridized carbons (Fsp3) is 0.241. The average molecular weight is 1110 g/mol. The van der Waals surface area contributed by atoms with Crippen molar-refractivity contribution in [3.63, 3.8) is 0 Å². The lowest BCUT2D eigenvalue weighted by Gasteiger charge is -2.43. The number of anilines is 5. The van der Waals surface area contributed by atoms with E-state index in [1.54, 1.807) is 0 Å². The molecule has 0 N–H and O–H groups in total. The summed E-state index contributed by atoms with van der Waals surface area (Å²) in [6.07, 6.45) is 0. The summed E-state index contributed by atoms with van der Waals surface area (Å²) < 4.78 is 16.8. The Labute approximate surface area is 499 Å². The second kappa shape index (κ2) is 17.2.